The Hall–Kier alpha value is 0.439. The summed E-state index contributed by atoms with van der Waals surface area (Å²) in [7, 11) is 5.06. The molecule has 0 saturated carbocycles. The summed E-state index contributed by atoms with van der Waals surface area (Å²) >= 11 is -2.36. The van der Waals surface area contributed by atoms with Gasteiger partial charge in [0.15, 0.2) is 0 Å². The van der Waals surface area contributed by atoms with Gasteiger partial charge in [-0.3, -0.25) is 0 Å². The number of hydrogen-bond acceptors (Lipinski definition) is 9. The Kier molecular flexibility index (Phi) is 32.3. The van der Waals surface area contributed by atoms with Gasteiger partial charge in [0.2, 0.25) is 0 Å². The first-order valence-corrected chi connectivity index (χ1v) is 22.7. The normalized spacial score (nSPS) is 12.0. The third kappa shape index (κ3) is 26.7. The molecule has 0 unspecified atom stereocenters. The molecule has 0 saturated heterocycles. The van der Waals surface area contributed by atoms with Crippen LogP contribution in [0, 0.1) is 0 Å². The second-order valence-corrected chi connectivity index (χ2v) is 23.8. The number of unbranched alkanes of at least 4 members (excludes halogenated alkanes) is 1. The molecule has 0 aliphatic heterocycles. The van der Waals surface area contributed by atoms with Crippen LogP contribution in [0.5, 0.6) is 0 Å². The molecule has 0 bridgehead atoms. The van der Waals surface area contributed by atoms with Crippen LogP contribution < -0.4 is 0 Å². The van der Waals surface area contributed by atoms with Crippen molar-refractivity contribution in [2.45, 2.75) is 56.8 Å². The maximum atomic E-state index is 5.88. The first-order chi connectivity index (χ1) is 18.7. The molecule has 0 aliphatic carbocycles. The Labute approximate surface area is 237 Å². The van der Waals surface area contributed by atoms with E-state index >= 15 is 0 Å². The van der Waals surface area contributed by atoms with Crippen molar-refractivity contribution < 1.29 is 42.6 Å². The van der Waals surface area contributed by atoms with Crippen molar-refractivity contribution in [2.24, 2.45) is 0 Å². The van der Waals surface area contributed by atoms with Gasteiger partial charge in [-0.2, -0.15) is 0 Å². The van der Waals surface area contributed by atoms with Gasteiger partial charge in [0, 0.05) is 0 Å². The third-order valence-corrected chi connectivity index (χ3v) is 22.6. The van der Waals surface area contributed by atoms with Crippen LogP contribution in [0.15, 0.2) is 0 Å². The van der Waals surface area contributed by atoms with E-state index in [9.17, 15) is 0 Å². The molecule has 10 heteroatoms. The average molecular weight is 659 g/mol. The summed E-state index contributed by atoms with van der Waals surface area (Å²) in [4.78, 5) is 0. The molecule has 0 rings (SSSR count). The van der Waals surface area contributed by atoms with Crippen LogP contribution in [-0.2, 0) is 42.6 Å². The van der Waals surface area contributed by atoms with Crippen molar-refractivity contribution in [3.63, 3.8) is 0 Å². The minimum atomic E-state index is -2.36. The summed E-state index contributed by atoms with van der Waals surface area (Å²) in [6.07, 6.45) is 6.06. The van der Waals surface area contributed by atoms with E-state index in [1.54, 1.807) is 21.3 Å². The fraction of sp³-hybridized carbons (Fsp3) is 1.00. The van der Waals surface area contributed by atoms with E-state index in [2.05, 4.69) is 6.92 Å². The minimum absolute atomic E-state index is 0.624. The molecule has 0 aromatic rings. The quantitative estimate of drug-likeness (QED) is 0.0751. The standard InChI is InChI=1S/3C8H17O3.C4H9.Sn/c3*1-3-4-10-7-8-11-6-5-9-2;1-3-4-2;/h3*1,3-8H2,2H3;1,3-4H2,2H3;. The fourth-order valence-electron chi connectivity index (χ4n) is 4.34. The summed E-state index contributed by atoms with van der Waals surface area (Å²) in [6, 6.07) is 0. The number of ether oxygens (including phenoxy) is 9. The van der Waals surface area contributed by atoms with Gasteiger partial charge in [-0.1, -0.05) is 0 Å². The Balaban J connectivity index is 4.49. The third-order valence-electron chi connectivity index (χ3n) is 6.46. The van der Waals surface area contributed by atoms with Gasteiger partial charge in [-0.15, -0.1) is 0 Å². The predicted octanol–water partition coefficient (Wildman–Crippen LogP) is 4.44. The van der Waals surface area contributed by atoms with E-state index < -0.39 is 18.4 Å². The van der Waals surface area contributed by atoms with Crippen LogP contribution in [0.2, 0.25) is 17.7 Å². The Morgan fingerprint density at radius 3 is 0.895 bits per heavy atom. The summed E-state index contributed by atoms with van der Waals surface area (Å²) in [5.74, 6) is 0. The van der Waals surface area contributed by atoms with Crippen LogP contribution >= 0.6 is 0 Å². The second-order valence-electron chi connectivity index (χ2n) is 9.57. The number of hydrogen-bond donors (Lipinski definition) is 0. The van der Waals surface area contributed by atoms with Crippen molar-refractivity contribution >= 4 is 18.4 Å². The van der Waals surface area contributed by atoms with E-state index in [-0.39, 0.29) is 0 Å². The van der Waals surface area contributed by atoms with Gasteiger partial charge < -0.3 is 0 Å². The fourth-order valence-corrected chi connectivity index (χ4v) is 19.4. The van der Waals surface area contributed by atoms with Crippen molar-refractivity contribution in [1.29, 1.82) is 0 Å². The molecule has 38 heavy (non-hydrogen) atoms. The zero-order valence-electron chi connectivity index (χ0n) is 25.1. The van der Waals surface area contributed by atoms with Gasteiger partial charge >= 0.3 is 238 Å². The van der Waals surface area contributed by atoms with E-state index in [0.29, 0.717) is 79.3 Å². The van der Waals surface area contributed by atoms with E-state index in [1.165, 1.54) is 30.6 Å². The van der Waals surface area contributed by atoms with Gasteiger partial charge in [0.05, 0.1) is 0 Å². The zero-order valence-corrected chi connectivity index (χ0v) is 28.0. The Morgan fingerprint density at radius 2 is 0.605 bits per heavy atom. The predicted molar refractivity (Wildman–Crippen MR) is 154 cm³/mol. The summed E-state index contributed by atoms with van der Waals surface area (Å²) in [5, 5.41) is 0. The molecule has 9 nitrogen and oxygen atoms in total. The SMILES string of the molecule is CCC[CH2][Sn]([CH2]CCOCCOCCOC)([CH2]CCOCCOCCOC)[CH2]CCOCCOCCOC. The Morgan fingerprint density at radius 1 is 0.342 bits per heavy atom. The van der Waals surface area contributed by atoms with E-state index in [0.717, 1.165) is 39.1 Å². The molecular formula is C28H60O9Sn. The maximum absolute atomic E-state index is 5.88. The average Bonchev–Trinajstić information content (AvgIpc) is 2.93. The first kappa shape index (κ1) is 38.4. The molecule has 0 fully saturated rings. The van der Waals surface area contributed by atoms with Crippen molar-refractivity contribution in [1.82, 2.24) is 0 Å². The topological polar surface area (TPSA) is 83.1 Å². The Bertz CT molecular complexity index is 391. The molecule has 0 radical (unpaired) electrons. The monoisotopic (exact) mass is 660 g/mol. The molecule has 0 aliphatic rings. The molecule has 0 spiro atoms. The molecule has 230 valence electrons. The van der Waals surface area contributed by atoms with Gasteiger partial charge in [-0.05, 0) is 0 Å². The van der Waals surface area contributed by atoms with Crippen LogP contribution in [0.4, 0.5) is 0 Å². The second kappa shape index (κ2) is 32.0. The first-order valence-electron chi connectivity index (χ1n) is 14.7. The van der Waals surface area contributed by atoms with Crippen LogP contribution in [0.3, 0.4) is 0 Å². The van der Waals surface area contributed by atoms with Crippen LogP contribution in [0.25, 0.3) is 0 Å². The molecule has 0 amide bonds. The van der Waals surface area contributed by atoms with Gasteiger partial charge in [0.25, 0.3) is 0 Å². The molecule has 0 heterocycles. The van der Waals surface area contributed by atoms with Crippen molar-refractivity contribution in [3.8, 4) is 0 Å². The summed E-state index contributed by atoms with van der Waals surface area (Å²) < 4.78 is 54.8. The molecular weight excluding hydrogens is 599 g/mol. The van der Waals surface area contributed by atoms with E-state index in [4.69, 9.17) is 42.6 Å². The van der Waals surface area contributed by atoms with Gasteiger partial charge in [0.1, 0.15) is 0 Å². The van der Waals surface area contributed by atoms with Crippen LogP contribution in [-0.4, -0.2) is 139 Å². The molecule has 0 N–H and O–H groups in total. The van der Waals surface area contributed by atoms with E-state index in [1.807, 2.05) is 0 Å². The van der Waals surface area contributed by atoms with Crippen LogP contribution in [0.1, 0.15) is 39.0 Å². The molecule has 0 aromatic carbocycles. The number of methoxy groups -OCH3 is 3. The molecule has 0 aromatic heterocycles. The van der Waals surface area contributed by atoms with Crippen molar-refractivity contribution in [2.75, 3.05) is 120 Å². The summed E-state index contributed by atoms with van der Waals surface area (Å²) in [5.41, 5.74) is 0. The van der Waals surface area contributed by atoms with Gasteiger partial charge in [-0.25, -0.2) is 0 Å². The van der Waals surface area contributed by atoms with Crippen molar-refractivity contribution in [3.05, 3.63) is 0 Å². The molecule has 0 atom stereocenters. The zero-order chi connectivity index (χ0) is 27.8. The summed E-state index contributed by atoms with van der Waals surface area (Å²) in [6.45, 7) is 12.4. The number of rotatable bonds is 33.